The molecule has 0 aromatic heterocycles. The normalized spacial score (nSPS) is 20.2. The highest BCUT2D eigenvalue weighted by molar-refractivity contribution is 5.94. The van der Waals surface area contributed by atoms with Crippen molar-refractivity contribution in [1.82, 2.24) is 10.2 Å². The van der Waals surface area contributed by atoms with E-state index in [1.54, 1.807) is 13.8 Å². The van der Waals surface area contributed by atoms with E-state index in [0.29, 0.717) is 12.8 Å². The SMILES string of the molecule is CC(C)[C@H](N)C(=O)N[C@@H](CC(N)=O)C(=O)N1CCC[C@@H]1C(=O)O. The van der Waals surface area contributed by atoms with E-state index in [-0.39, 0.29) is 12.5 Å². The van der Waals surface area contributed by atoms with E-state index < -0.39 is 48.2 Å². The van der Waals surface area contributed by atoms with Crippen molar-refractivity contribution in [2.24, 2.45) is 17.4 Å². The van der Waals surface area contributed by atoms with Crippen LogP contribution in [0.4, 0.5) is 0 Å². The molecule has 23 heavy (non-hydrogen) atoms. The Morgan fingerprint density at radius 2 is 1.91 bits per heavy atom. The van der Waals surface area contributed by atoms with Crippen molar-refractivity contribution in [3.63, 3.8) is 0 Å². The average molecular weight is 328 g/mol. The van der Waals surface area contributed by atoms with Crippen LogP contribution < -0.4 is 16.8 Å². The highest BCUT2D eigenvalue weighted by Gasteiger charge is 2.38. The summed E-state index contributed by atoms with van der Waals surface area (Å²) in [6, 6.07) is -3.00. The molecular weight excluding hydrogens is 304 g/mol. The van der Waals surface area contributed by atoms with Gasteiger partial charge in [0.2, 0.25) is 17.7 Å². The highest BCUT2D eigenvalue weighted by atomic mass is 16.4. The van der Waals surface area contributed by atoms with Gasteiger partial charge in [0, 0.05) is 6.54 Å². The van der Waals surface area contributed by atoms with Gasteiger partial charge in [-0.05, 0) is 18.8 Å². The molecule has 0 unspecified atom stereocenters. The van der Waals surface area contributed by atoms with Gasteiger partial charge in [-0.3, -0.25) is 14.4 Å². The molecule has 0 aromatic rings. The Morgan fingerprint density at radius 3 is 2.39 bits per heavy atom. The summed E-state index contributed by atoms with van der Waals surface area (Å²) in [5, 5.41) is 11.6. The molecule has 9 heteroatoms. The third-order valence-electron chi connectivity index (χ3n) is 3.86. The van der Waals surface area contributed by atoms with Crippen LogP contribution in [0.2, 0.25) is 0 Å². The van der Waals surface area contributed by atoms with E-state index in [4.69, 9.17) is 16.6 Å². The van der Waals surface area contributed by atoms with Crippen molar-refractivity contribution in [3.8, 4) is 0 Å². The van der Waals surface area contributed by atoms with Gasteiger partial charge in [0.15, 0.2) is 0 Å². The number of nitrogens with zero attached hydrogens (tertiary/aromatic N) is 1. The first kappa shape index (κ1) is 18.9. The maximum atomic E-state index is 12.5. The first-order valence-corrected chi connectivity index (χ1v) is 7.52. The summed E-state index contributed by atoms with van der Waals surface area (Å²) in [5.74, 6) is -3.24. The Balaban J connectivity index is 2.88. The molecule has 0 aliphatic carbocycles. The van der Waals surface area contributed by atoms with Gasteiger partial charge in [-0.1, -0.05) is 13.8 Å². The summed E-state index contributed by atoms with van der Waals surface area (Å²) in [4.78, 5) is 48.1. The smallest absolute Gasteiger partial charge is 0.326 e. The Bertz CT molecular complexity index is 494. The number of nitrogens with one attached hydrogen (secondary N) is 1. The molecular formula is C14H24N4O5. The summed E-state index contributed by atoms with van der Waals surface area (Å²) >= 11 is 0. The molecule has 3 atom stereocenters. The zero-order valence-electron chi connectivity index (χ0n) is 13.3. The Kier molecular flexibility index (Phi) is 6.49. The average Bonchev–Trinajstić information content (AvgIpc) is 2.93. The molecule has 0 saturated carbocycles. The summed E-state index contributed by atoms with van der Waals surface area (Å²) in [5.41, 5.74) is 10.8. The van der Waals surface area contributed by atoms with Gasteiger partial charge in [-0.2, -0.15) is 0 Å². The lowest BCUT2D eigenvalue weighted by Crippen LogP contribution is -2.56. The number of nitrogens with two attached hydrogens (primary N) is 2. The molecule has 0 aromatic carbocycles. The second-order valence-electron chi connectivity index (χ2n) is 6.03. The first-order valence-electron chi connectivity index (χ1n) is 7.52. The monoisotopic (exact) mass is 328 g/mol. The zero-order chi connectivity index (χ0) is 17.7. The third-order valence-corrected chi connectivity index (χ3v) is 3.86. The van der Waals surface area contributed by atoms with Crippen LogP contribution in [0.25, 0.3) is 0 Å². The lowest BCUT2D eigenvalue weighted by Gasteiger charge is -2.28. The highest BCUT2D eigenvalue weighted by Crippen LogP contribution is 2.19. The quantitative estimate of drug-likeness (QED) is 0.441. The number of aliphatic carboxylic acids is 1. The maximum absolute atomic E-state index is 12.5. The fourth-order valence-electron chi connectivity index (χ4n) is 2.46. The molecule has 1 rings (SSSR count). The van der Waals surface area contributed by atoms with Crippen LogP contribution in [0.5, 0.6) is 0 Å². The van der Waals surface area contributed by atoms with Crippen molar-refractivity contribution < 1.29 is 24.3 Å². The third kappa shape index (κ3) is 4.92. The van der Waals surface area contributed by atoms with Crippen LogP contribution in [0.15, 0.2) is 0 Å². The van der Waals surface area contributed by atoms with Crippen LogP contribution in [-0.2, 0) is 19.2 Å². The van der Waals surface area contributed by atoms with Crippen molar-refractivity contribution in [2.45, 2.75) is 51.2 Å². The number of carbonyl (C=O) groups excluding carboxylic acids is 3. The molecule has 3 amide bonds. The summed E-state index contributed by atoms with van der Waals surface area (Å²) in [6.45, 7) is 3.75. The lowest BCUT2D eigenvalue weighted by atomic mass is 10.0. The molecule has 6 N–H and O–H groups in total. The molecule has 130 valence electrons. The van der Waals surface area contributed by atoms with Gasteiger partial charge in [-0.25, -0.2) is 4.79 Å². The van der Waals surface area contributed by atoms with Crippen LogP contribution in [0, 0.1) is 5.92 Å². The number of carbonyl (C=O) groups is 4. The molecule has 0 spiro atoms. The largest absolute Gasteiger partial charge is 0.480 e. The van der Waals surface area contributed by atoms with Crippen LogP contribution in [0.1, 0.15) is 33.1 Å². The molecule has 9 nitrogen and oxygen atoms in total. The van der Waals surface area contributed by atoms with Gasteiger partial charge in [0.25, 0.3) is 0 Å². The number of rotatable bonds is 7. The Hall–Kier alpha value is -2.16. The fraction of sp³-hybridized carbons (Fsp3) is 0.714. The predicted molar refractivity (Wildman–Crippen MR) is 80.9 cm³/mol. The standard InChI is InChI=1S/C14H24N4O5/c1-7(2)11(16)12(20)17-8(6-10(15)19)13(21)18-5-3-4-9(18)14(22)23/h7-9,11H,3-6,16H2,1-2H3,(H2,15,19)(H,17,20)(H,22,23)/t8-,9+,11-/m0/s1. The molecule has 1 aliphatic heterocycles. The van der Waals surface area contributed by atoms with Gasteiger partial charge in [0.05, 0.1) is 12.5 Å². The number of hydrogen-bond acceptors (Lipinski definition) is 5. The van der Waals surface area contributed by atoms with E-state index in [9.17, 15) is 19.2 Å². The summed E-state index contributed by atoms with van der Waals surface area (Å²) in [6.07, 6.45) is 0.480. The van der Waals surface area contributed by atoms with Crippen LogP contribution in [-0.4, -0.2) is 58.4 Å². The minimum Gasteiger partial charge on any atom is -0.480 e. The minimum absolute atomic E-state index is 0.155. The number of carboxylic acids is 1. The molecule has 0 bridgehead atoms. The number of primary amides is 1. The van der Waals surface area contributed by atoms with Gasteiger partial charge >= 0.3 is 5.97 Å². The van der Waals surface area contributed by atoms with Crippen molar-refractivity contribution in [2.75, 3.05) is 6.54 Å². The van der Waals surface area contributed by atoms with Crippen molar-refractivity contribution in [1.29, 1.82) is 0 Å². The number of hydrogen-bond donors (Lipinski definition) is 4. The number of carboxylic acid groups (broad SMARTS) is 1. The summed E-state index contributed by atoms with van der Waals surface area (Å²) in [7, 11) is 0. The molecule has 0 radical (unpaired) electrons. The van der Waals surface area contributed by atoms with E-state index in [0.717, 1.165) is 4.90 Å². The molecule has 1 saturated heterocycles. The Morgan fingerprint density at radius 1 is 1.30 bits per heavy atom. The van der Waals surface area contributed by atoms with Crippen molar-refractivity contribution >= 4 is 23.7 Å². The Labute approximate surface area is 134 Å². The van der Waals surface area contributed by atoms with Crippen molar-refractivity contribution in [3.05, 3.63) is 0 Å². The summed E-state index contributed by atoms with van der Waals surface area (Å²) < 4.78 is 0. The molecule has 1 aliphatic rings. The van der Waals surface area contributed by atoms with Gasteiger partial charge in [0.1, 0.15) is 12.1 Å². The predicted octanol–water partition coefficient (Wildman–Crippen LogP) is -1.59. The van der Waals surface area contributed by atoms with Gasteiger partial charge < -0.3 is 26.8 Å². The van der Waals surface area contributed by atoms with E-state index >= 15 is 0 Å². The first-order chi connectivity index (χ1) is 10.6. The number of likely N-dealkylation sites (tertiary alicyclic amines) is 1. The van der Waals surface area contributed by atoms with E-state index in [2.05, 4.69) is 5.32 Å². The second kappa shape index (κ2) is 7.91. The fourth-order valence-corrected chi connectivity index (χ4v) is 2.46. The topological polar surface area (TPSA) is 156 Å². The van der Waals surface area contributed by atoms with Crippen LogP contribution >= 0.6 is 0 Å². The van der Waals surface area contributed by atoms with E-state index in [1.807, 2.05) is 0 Å². The lowest BCUT2D eigenvalue weighted by molar-refractivity contribution is -0.149. The maximum Gasteiger partial charge on any atom is 0.326 e. The second-order valence-corrected chi connectivity index (χ2v) is 6.03. The molecule has 1 heterocycles. The number of amides is 3. The van der Waals surface area contributed by atoms with Gasteiger partial charge in [-0.15, -0.1) is 0 Å². The molecule has 1 fully saturated rings. The minimum atomic E-state index is -1.20. The van der Waals surface area contributed by atoms with E-state index in [1.165, 1.54) is 0 Å². The zero-order valence-corrected chi connectivity index (χ0v) is 13.3. The van der Waals surface area contributed by atoms with Crippen LogP contribution in [0.3, 0.4) is 0 Å².